The molecule has 0 aliphatic rings. The maximum atomic E-state index is 11.3. The molecule has 0 saturated carbocycles. The van der Waals surface area contributed by atoms with Gasteiger partial charge in [0.2, 0.25) is 5.91 Å². The number of hydrogen-bond donors (Lipinski definition) is 2. The molecular weight excluding hydrogens is 180 g/mol. The Morgan fingerprint density at radius 2 is 2.14 bits per heavy atom. The van der Waals surface area contributed by atoms with Gasteiger partial charge in [0.15, 0.2) is 0 Å². The van der Waals surface area contributed by atoms with Gasteiger partial charge < -0.3 is 4.74 Å². The Hall–Kier alpha value is -0.610. The molecule has 0 rings (SSSR count). The molecule has 4 nitrogen and oxygen atoms in total. The number of hydrazine groups is 1. The lowest BCUT2D eigenvalue weighted by molar-refractivity contribution is -0.133. The monoisotopic (exact) mass is 202 g/mol. The van der Waals surface area contributed by atoms with Gasteiger partial charge >= 0.3 is 0 Å². The first-order valence-corrected chi connectivity index (χ1v) is 5.06. The van der Waals surface area contributed by atoms with Crippen molar-refractivity contribution >= 4 is 5.91 Å². The van der Waals surface area contributed by atoms with Crippen LogP contribution in [0.5, 0.6) is 0 Å². The van der Waals surface area contributed by atoms with Gasteiger partial charge in [-0.15, -0.1) is 0 Å². The molecule has 84 valence electrons. The Morgan fingerprint density at radius 1 is 1.57 bits per heavy atom. The second kappa shape index (κ2) is 5.98. The highest BCUT2D eigenvalue weighted by atomic mass is 16.5. The summed E-state index contributed by atoms with van der Waals surface area (Å²) in [6, 6.07) is 0. The van der Waals surface area contributed by atoms with Crippen molar-refractivity contribution in [3.63, 3.8) is 0 Å². The fraction of sp³-hybridized carbons (Fsp3) is 0.900. The van der Waals surface area contributed by atoms with Crippen molar-refractivity contribution in [2.24, 2.45) is 11.3 Å². The number of amides is 1. The molecule has 0 aromatic carbocycles. The van der Waals surface area contributed by atoms with Crippen LogP contribution in [0, 0.1) is 5.41 Å². The first-order valence-electron chi connectivity index (χ1n) is 5.06. The number of hydrogen-bond acceptors (Lipinski definition) is 3. The van der Waals surface area contributed by atoms with E-state index in [4.69, 9.17) is 10.6 Å². The molecule has 14 heavy (non-hydrogen) atoms. The third-order valence-corrected chi connectivity index (χ3v) is 2.17. The van der Waals surface area contributed by atoms with E-state index in [0.29, 0.717) is 6.61 Å². The average Bonchev–Trinajstić information content (AvgIpc) is 2.14. The fourth-order valence-corrected chi connectivity index (χ4v) is 1.10. The van der Waals surface area contributed by atoms with Crippen molar-refractivity contribution in [2.75, 3.05) is 6.61 Å². The topological polar surface area (TPSA) is 64.3 Å². The molecule has 0 fully saturated rings. The molecule has 0 saturated heterocycles. The molecule has 0 heterocycles. The molecule has 0 bridgehead atoms. The highest BCUT2D eigenvalue weighted by molar-refractivity contribution is 5.81. The summed E-state index contributed by atoms with van der Waals surface area (Å²) in [5.74, 6) is 4.87. The van der Waals surface area contributed by atoms with Crippen molar-refractivity contribution in [3.8, 4) is 0 Å². The molecule has 0 spiro atoms. The van der Waals surface area contributed by atoms with Crippen LogP contribution in [0.3, 0.4) is 0 Å². The molecule has 1 amide bonds. The standard InChI is InChI=1S/C10H22N2O2/c1-5-6-8(2)14-7-10(3,4)9(13)12-11/h8H,5-7,11H2,1-4H3,(H,12,13). The van der Waals surface area contributed by atoms with Crippen LogP contribution in [-0.2, 0) is 9.53 Å². The van der Waals surface area contributed by atoms with Gasteiger partial charge in [-0.1, -0.05) is 13.3 Å². The first-order chi connectivity index (χ1) is 6.44. The lowest BCUT2D eigenvalue weighted by Gasteiger charge is -2.24. The number of nitrogens with one attached hydrogen (secondary N) is 1. The molecule has 0 aromatic rings. The summed E-state index contributed by atoms with van der Waals surface area (Å²) in [4.78, 5) is 11.3. The van der Waals surface area contributed by atoms with Gasteiger partial charge in [-0.3, -0.25) is 10.2 Å². The molecular formula is C10H22N2O2. The van der Waals surface area contributed by atoms with Crippen LogP contribution >= 0.6 is 0 Å². The first kappa shape index (κ1) is 13.4. The average molecular weight is 202 g/mol. The maximum absolute atomic E-state index is 11.3. The summed E-state index contributed by atoms with van der Waals surface area (Å²) in [6.07, 6.45) is 2.30. The third kappa shape index (κ3) is 4.58. The number of carbonyl (C=O) groups is 1. The summed E-state index contributed by atoms with van der Waals surface area (Å²) in [6.45, 7) is 8.15. The largest absolute Gasteiger partial charge is 0.377 e. The minimum absolute atomic E-state index is 0.193. The summed E-state index contributed by atoms with van der Waals surface area (Å²) >= 11 is 0. The van der Waals surface area contributed by atoms with Gasteiger partial charge in [-0.2, -0.15) is 0 Å². The van der Waals surface area contributed by atoms with Crippen molar-refractivity contribution in [1.29, 1.82) is 0 Å². The minimum Gasteiger partial charge on any atom is -0.377 e. The smallest absolute Gasteiger partial charge is 0.241 e. The fourth-order valence-electron chi connectivity index (χ4n) is 1.10. The molecule has 0 radical (unpaired) electrons. The molecule has 1 atom stereocenters. The lowest BCUT2D eigenvalue weighted by atomic mass is 9.94. The Balaban J connectivity index is 3.92. The predicted molar refractivity (Wildman–Crippen MR) is 56.4 cm³/mol. The maximum Gasteiger partial charge on any atom is 0.241 e. The predicted octanol–water partition coefficient (Wildman–Crippen LogP) is 1.21. The third-order valence-electron chi connectivity index (χ3n) is 2.17. The van der Waals surface area contributed by atoms with E-state index in [1.807, 2.05) is 20.8 Å². The van der Waals surface area contributed by atoms with Crippen molar-refractivity contribution in [2.45, 2.75) is 46.6 Å². The van der Waals surface area contributed by atoms with Crippen LogP contribution < -0.4 is 11.3 Å². The van der Waals surface area contributed by atoms with Gasteiger partial charge in [0.1, 0.15) is 0 Å². The van der Waals surface area contributed by atoms with Crippen LogP contribution in [-0.4, -0.2) is 18.6 Å². The molecule has 0 aliphatic heterocycles. The van der Waals surface area contributed by atoms with Crippen LogP contribution in [0.25, 0.3) is 0 Å². The summed E-state index contributed by atoms with van der Waals surface area (Å²) in [7, 11) is 0. The van der Waals surface area contributed by atoms with E-state index in [9.17, 15) is 4.79 Å². The molecule has 3 N–H and O–H groups in total. The second-order valence-electron chi connectivity index (χ2n) is 4.27. The summed E-state index contributed by atoms with van der Waals surface area (Å²) < 4.78 is 5.55. The Bertz CT molecular complexity index is 181. The van der Waals surface area contributed by atoms with Crippen LogP contribution in [0.15, 0.2) is 0 Å². The normalized spacial score (nSPS) is 13.8. The van der Waals surface area contributed by atoms with E-state index < -0.39 is 5.41 Å². The molecule has 0 aromatic heterocycles. The van der Waals surface area contributed by atoms with Gasteiger partial charge in [-0.25, -0.2) is 5.84 Å². The number of nitrogens with two attached hydrogens (primary N) is 1. The zero-order valence-corrected chi connectivity index (χ0v) is 9.59. The van der Waals surface area contributed by atoms with Crippen molar-refractivity contribution in [1.82, 2.24) is 5.43 Å². The van der Waals surface area contributed by atoms with Gasteiger partial charge in [0.25, 0.3) is 0 Å². The van der Waals surface area contributed by atoms with Crippen LogP contribution in [0.1, 0.15) is 40.5 Å². The Morgan fingerprint density at radius 3 is 2.57 bits per heavy atom. The van der Waals surface area contributed by atoms with Crippen molar-refractivity contribution in [3.05, 3.63) is 0 Å². The highest BCUT2D eigenvalue weighted by Gasteiger charge is 2.27. The van der Waals surface area contributed by atoms with E-state index in [2.05, 4.69) is 12.3 Å². The second-order valence-corrected chi connectivity index (χ2v) is 4.27. The van der Waals surface area contributed by atoms with Gasteiger partial charge in [0.05, 0.1) is 18.1 Å². The van der Waals surface area contributed by atoms with Gasteiger partial charge in [-0.05, 0) is 27.2 Å². The highest BCUT2D eigenvalue weighted by Crippen LogP contribution is 2.17. The van der Waals surface area contributed by atoms with Crippen LogP contribution in [0.2, 0.25) is 0 Å². The molecule has 0 aliphatic carbocycles. The Kier molecular flexibility index (Phi) is 5.72. The number of carbonyl (C=O) groups excluding carboxylic acids is 1. The van der Waals surface area contributed by atoms with Crippen molar-refractivity contribution < 1.29 is 9.53 Å². The van der Waals surface area contributed by atoms with E-state index in [0.717, 1.165) is 12.8 Å². The molecule has 1 unspecified atom stereocenters. The van der Waals surface area contributed by atoms with E-state index in [1.54, 1.807) is 0 Å². The summed E-state index contributed by atoms with van der Waals surface area (Å²) in [5, 5.41) is 0. The van der Waals surface area contributed by atoms with E-state index in [-0.39, 0.29) is 12.0 Å². The lowest BCUT2D eigenvalue weighted by Crippen LogP contribution is -2.43. The number of ether oxygens (including phenoxy) is 1. The summed E-state index contributed by atoms with van der Waals surface area (Å²) in [5.41, 5.74) is 1.58. The van der Waals surface area contributed by atoms with E-state index in [1.165, 1.54) is 0 Å². The zero-order chi connectivity index (χ0) is 11.2. The molecule has 4 heteroatoms. The number of rotatable bonds is 6. The minimum atomic E-state index is -0.559. The zero-order valence-electron chi connectivity index (χ0n) is 9.59. The quantitative estimate of drug-likeness (QED) is 0.386. The van der Waals surface area contributed by atoms with Crippen LogP contribution in [0.4, 0.5) is 0 Å². The van der Waals surface area contributed by atoms with Gasteiger partial charge in [0, 0.05) is 0 Å². The Labute approximate surface area is 86.2 Å². The van der Waals surface area contributed by atoms with E-state index >= 15 is 0 Å². The SMILES string of the molecule is CCCC(C)OCC(C)(C)C(=O)NN.